The molecule has 1 aliphatic heterocycles. The number of primary amides is 1. The van der Waals surface area contributed by atoms with Gasteiger partial charge in [0.1, 0.15) is 18.7 Å². The van der Waals surface area contributed by atoms with Crippen LogP contribution in [-0.4, -0.2) is 116 Å². The van der Waals surface area contributed by atoms with Crippen LogP contribution in [0.4, 0.5) is 15.3 Å². The quantitative estimate of drug-likeness (QED) is 0.0923. The number of anilines is 1. The maximum atomic E-state index is 13.4. The van der Waals surface area contributed by atoms with Crippen LogP contribution in [0.1, 0.15) is 57.9 Å². The number of benzene rings is 1. The Morgan fingerprint density at radius 2 is 1.52 bits per heavy atom. The molecule has 0 saturated heterocycles. The molecule has 2 atom stereocenters. The lowest BCUT2D eigenvalue weighted by atomic mass is 10.0. The fourth-order valence-corrected chi connectivity index (χ4v) is 4.82. The molecule has 0 aromatic heterocycles. The number of nitrogens with two attached hydrogens (primary N) is 1. The number of carbonyl (C=O) groups excluding carboxylic acids is 7. The Bertz CT molecular complexity index is 1350. The smallest absolute Gasteiger partial charge is 0.409 e. The number of nitrogens with zero attached hydrogens (tertiary/aromatic N) is 3. The minimum atomic E-state index is -1.00. The monoisotopic (exact) mass is 700 g/mol. The van der Waals surface area contributed by atoms with E-state index in [-0.39, 0.29) is 56.2 Å². The molecule has 1 heterocycles. The van der Waals surface area contributed by atoms with Crippen LogP contribution < -0.4 is 27.0 Å². The minimum Gasteiger partial charge on any atom is -0.445 e. The van der Waals surface area contributed by atoms with E-state index in [4.69, 9.17) is 10.5 Å². The number of ether oxygens (including phenoxy) is 1. The Morgan fingerprint density at radius 3 is 2.12 bits per heavy atom. The second-order valence-corrected chi connectivity index (χ2v) is 12.7. The second kappa shape index (κ2) is 21.2. The Morgan fingerprint density at radius 1 is 0.860 bits per heavy atom. The van der Waals surface area contributed by atoms with Gasteiger partial charge in [-0.25, -0.2) is 9.59 Å². The highest BCUT2D eigenvalue weighted by molar-refractivity contribution is 6.12. The largest absolute Gasteiger partial charge is 0.445 e. The highest BCUT2D eigenvalue weighted by Crippen LogP contribution is 2.14. The molecule has 8 amide bonds. The number of likely N-dealkylation sites (N-methyl/N-ethyl adjacent to an activating group) is 2. The van der Waals surface area contributed by atoms with Crippen LogP contribution in [-0.2, 0) is 35.3 Å². The maximum Gasteiger partial charge on any atom is 0.409 e. The van der Waals surface area contributed by atoms with E-state index in [1.54, 1.807) is 45.2 Å². The molecule has 0 saturated carbocycles. The van der Waals surface area contributed by atoms with Crippen molar-refractivity contribution < 1.29 is 38.3 Å². The number of unbranched alkanes of at least 4 members (excludes halogenated alkanes) is 2. The van der Waals surface area contributed by atoms with Crippen molar-refractivity contribution in [3.05, 3.63) is 42.0 Å². The molecule has 2 unspecified atom stereocenters. The van der Waals surface area contributed by atoms with Crippen molar-refractivity contribution >= 4 is 47.3 Å². The van der Waals surface area contributed by atoms with Gasteiger partial charge in [0.25, 0.3) is 11.8 Å². The summed E-state index contributed by atoms with van der Waals surface area (Å²) in [7, 11) is 5.49. The first-order valence-electron chi connectivity index (χ1n) is 16.8. The summed E-state index contributed by atoms with van der Waals surface area (Å²) in [5, 5.41) is 10.8. The predicted molar refractivity (Wildman–Crippen MR) is 186 cm³/mol. The number of rotatable bonds is 21. The Kier molecular flexibility index (Phi) is 17.4. The normalized spacial score (nSPS) is 13.6. The van der Waals surface area contributed by atoms with E-state index < -0.39 is 36.0 Å². The van der Waals surface area contributed by atoms with E-state index in [1.807, 2.05) is 19.0 Å². The Balaban J connectivity index is 1.94. The van der Waals surface area contributed by atoms with Crippen molar-refractivity contribution in [1.29, 1.82) is 0 Å². The van der Waals surface area contributed by atoms with Crippen molar-refractivity contribution in [1.82, 2.24) is 30.7 Å². The third kappa shape index (κ3) is 15.1. The molecule has 1 aromatic carbocycles. The number of urea groups is 1. The van der Waals surface area contributed by atoms with E-state index in [1.165, 1.54) is 17.1 Å². The number of nitrogens with one attached hydrogen (secondary N) is 4. The van der Waals surface area contributed by atoms with Gasteiger partial charge in [-0.15, -0.1) is 0 Å². The van der Waals surface area contributed by atoms with Gasteiger partial charge in [-0.1, -0.05) is 32.4 Å². The molecule has 0 aliphatic carbocycles. The zero-order chi connectivity index (χ0) is 37.2. The lowest BCUT2D eigenvalue weighted by molar-refractivity contribution is -0.137. The van der Waals surface area contributed by atoms with Crippen LogP contribution in [0, 0.1) is 5.92 Å². The van der Waals surface area contributed by atoms with Gasteiger partial charge in [-0.3, -0.25) is 28.9 Å². The van der Waals surface area contributed by atoms with Crippen LogP contribution in [0.25, 0.3) is 0 Å². The summed E-state index contributed by atoms with van der Waals surface area (Å²) in [5.74, 6) is -2.37. The molecule has 2 rings (SSSR count). The standard InChI is InChI=1S/C34H52N8O8/c1-23(2)30(39-27(43)11-7-6-8-19-42-28(44)16-17-29(42)45)32(47)38-26(10-9-18-36-33(35)48)31(46)37-25-14-12-24(13-15-25)22-50-34(49)41(5)21-20-40(3)4/h12-17,23,26,30H,6-11,18-22H2,1-5H3,(H,37,46)(H,38,47)(H,39,43)(H3,35,36,48). The first-order chi connectivity index (χ1) is 23.7. The molecular formula is C34H52N8O8. The van der Waals surface area contributed by atoms with E-state index in [9.17, 15) is 33.6 Å². The van der Waals surface area contributed by atoms with Gasteiger partial charge in [0, 0.05) is 57.5 Å². The van der Waals surface area contributed by atoms with Crippen LogP contribution >= 0.6 is 0 Å². The first-order valence-corrected chi connectivity index (χ1v) is 16.8. The molecule has 50 heavy (non-hydrogen) atoms. The van der Waals surface area contributed by atoms with Crippen molar-refractivity contribution in [2.75, 3.05) is 52.6 Å². The molecule has 0 spiro atoms. The molecule has 0 radical (unpaired) electrons. The predicted octanol–water partition coefficient (Wildman–Crippen LogP) is 1.31. The van der Waals surface area contributed by atoms with Crippen LogP contribution in [0.3, 0.4) is 0 Å². The highest BCUT2D eigenvalue weighted by atomic mass is 16.6. The summed E-state index contributed by atoms with van der Waals surface area (Å²) in [4.78, 5) is 90.8. The van der Waals surface area contributed by atoms with Gasteiger partial charge in [0.05, 0.1) is 0 Å². The summed E-state index contributed by atoms with van der Waals surface area (Å²) < 4.78 is 5.36. The zero-order valence-electron chi connectivity index (χ0n) is 29.7. The van der Waals surface area contributed by atoms with Crippen molar-refractivity contribution in [2.24, 2.45) is 11.7 Å². The maximum absolute atomic E-state index is 13.4. The third-order valence-corrected chi connectivity index (χ3v) is 7.83. The van der Waals surface area contributed by atoms with Gasteiger partial charge in [-0.05, 0) is 63.4 Å². The van der Waals surface area contributed by atoms with Crippen molar-refractivity contribution in [2.45, 2.75) is 71.1 Å². The third-order valence-electron chi connectivity index (χ3n) is 7.83. The van der Waals surface area contributed by atoms with E-state index in [2.05, 4.69) is 21.3 Å². The highest BCUT2D eigenvalue weighted by Gasteiger charge is 2.29. The van der Waals surface area contributed by atoms with Gasteiger partial charge < -0.3 is 41.5 Å². The SMILES string of the molecule is CC(C)C(NC(=O)CCCCCN1C(=O)C=CC1=O)C(=O)NC(CCCNC(N)=O)C(=O)Nc1ccc(COC(=O)N(C)CCN(C)C)cc1. The topological polar surface area (TPSA) is 213 Å². The first kappa shape index (κ1) is 41.2. The molecule has 16 nitrogen and oxygen atoms in total. The zero-order valence-corrected chi connectivity index (χ0v) is 29.7. The molecule has 0 bridgehead atoms. The number of hydrogen-bond donors (Lipinski definition) is 5. The van der Waals surface area contributed by atoms with Gasteiger partial charge in [0.15, 0.2) is 0 Å². The summed E-state index contributed by atoms with van der Waals surface area (Å²) in [6, 6.07) is 4.09. The van der Waals surface area contributed by atoms with Crippen LogP contribution in [0.15, 0.2) is 36.4 Å². The van der Waals surface area contributed by atoms with Gasteiger partial charge in [0.2, 0.25) is 17.7 Å². The van der Waals surface area contributed by atoms with E-state index in [0.29, 0.717) is 50.0 Å². The fourth-order valence-electron chi connectivity index (χ4n) is 4.82. The average molecular weight is 701 g/mol. The molecule has 1 aliphatic rings. The molecule has 16 heteroatoms. The summed E-state index contributed by atoms with van der Waals surface area (Å²) in [6.07, 6.45) is 4.30. The van der Waals surface area contributed by atoms with Crippen molar-refractivity contribution in [3.63, 3.8) is 0 Å². The number of amides is 8. The lowest BCUT2D eigenvalue weighted by Crippen LogP contribution is -2.54. The molecule has 276 valence electrons. The van der Waals surface area contributed by atoms with Crippen LogP contribution in [0.5, 0.6) is 0 Å². The van der Waals surface area contributed by atoms with Crippen LogP contribution in [0.2, 0.25) is 0 Å². The summed E-state index contributed by atoms with van der Waals surface area (Å²) >= 11 is 0. The summed E-state index contributed by atoms with van der Waals surface area (Å²) in [5.41, 5.74) is 6.31. The number of carbonyl (C=O) groups is 7. The number of imide groups is 1. The summed E-state index contributed by atoms with van der Waals surface area (Å²) in [6.45, 7) is 5.27. The number of hydrogen-bond acceptors (Lipinski definition) is 9. The lowest BCUT2D eigenvalue weighted by Gasteiger charge is -2.25. The van der Waals surface area contributed by atoms with E-state index >= 15 is 0 Å². The molecule has 6 N–H and O–H groups in total. The van der Waals surface area contributed by atoms with Gasteiger partial charge >= 0.3 is 12.1 Å². The van der Waals surface area contributed by atoms with E-state index in [0.717, 1.165) is 4.90 Å². The molecular weight excluding hydrogens is 648 g/mol. The second-order valence-electron chi connectivity index (χ2n) is 12.7. The molecule has 1 aromatic rings. The minimum absolute atomic E-state index is 0.0472. The average Bonchev–Trinajstić information content (AvgIpc) is 3.38. The Labute approximate surface area is 293 Å². The molecule has 0 fully saturated rings. The van der Waals surface area contributed by atoms with Crippen molar-refractivity contribution in [3.8, 4) is 0 Å². The van der Waals surface area contributed by atoms with Gasteiger partial charge in [-0.2, -0.15) is 0 Å². The fraction of sp³-hybridized carbons (Fsp3) is 0.559. The Hall–Kier alpha value is -4.99.